The number of aliphatic carboxylic acids is 1. The van der Waals surface area contributed by atoms with Crippen LogP contribution < -0.4 is 0 Å². The summed E-state index contributed by atoms with van der Waals surface area (Å²) in [6.07, 6.45) is 3.65. The Morgan fingerprint density at radius 2 is 2.35 bits per heavy atom. The van der Waals surface area contributed by atoms with E-state index in [1.54, 1.807) is 4.68 Å². The lowest BCUT2D eigenvalue weighted by molar-refractivity contribution is -0.385. The van der Waals surface area contributed by atoms with Crippen molar-refractivity contribution < 1.29 is 14.8 Å². The van der Waals surface area contributed by atoms with Gasteiger partial charge in [0, 0.05) is 18.9 Å². The van der Waals surface area contributed by atoms with E-state index >= 15 is 0 Å². The third-order valence-corrected chi connectivity index (χ3v) is 2.78. The number of rotatable bonds is 6. The molecule has 1 fully saturated rings. The van der Waals surface area contributed by atoms with Crippen molar-refractivity contribution in [1.29, 1.82) is 0 Å². The zero-order valence-corrected chi connectivity index (χ0v) is 9.20. The Hall–Kier alpha value is -1.92. The van der Waals surface area contributed by atoms with Crippen molar-refractivity contribution in [1.82, 2.24) is 9.78 Å². The molecule has 1 aromatic rings. The van der Waals surface area contributed by atoms with Gasteiger partial charge in [-0.15, -0.1) is 0 Å². The van der Waals surface area contributed by atoms with Gasteiger partial charge in [0.25, 0.3) is 0 Å². The van der Waals surface area contributed by atoms with Gasteiger partial charge in [0.05, 0.1) is 4.92 Å². The Morgan fingerprint density at radius 3 is 2.88 bits per heavy atom. The molecule has 0 spiro atoms. The summed E-state index contributed by atoms with van der Waals surface area (Å²) in [5.74, 6) is -0.637. The number of aryl methyl sites for hydroxylation is 1. The molecule has 17 heavy (non-hydrogen) atoms. The highest BCUT2D eigenvalue weighted by Gasteiger charge is 2.34. The van der Waals surface area contributed by atoms with E-state index in [2.05, 4.69) is 5.10 Å². The number of hydrogen-bond donors (Lipinski definition) is 1. The first kappa shape index (κ1) is 11.6. The normalized spacial score (nSPS) is 14.8. The second kappa shape index (κ2) is 4.52. The lowest BCUT2D eigenvalue weighted by Crippen LogP contribution is -2.07. The fraction of sp³-hybridized carbons (Fsp3) is 0.600. The van der Waals surface area contributed by atoms with Gasteiger partial charge in [-0.3, -0.25) is 19.6 Å². The molecule has 0 radical (unpaired) electrons. The number of nitrogens with zero attached hydrogens (tertiary/aromatic N) is 3. The minimum Gasteiger partial charge on any atom is -0.481 e. The van der Waals surface area contributed by atoms with Gasteiger partial charge in [-0.05, 0) is 19.3 Å². The summed E-state index contributed by atoms with van der Waals surface area (Å²) in [6.45, 7) is 0.423. The molecule has 0 amide bonds. The van der Waals surface area contributed by atoms with Gasteiger partial charge in [0.2, 0.25) is 0 Å². The molecule has 0 saturated heterocycles. The average molecular weight is 239 g/mol. The SMILES string of the molecule is O=C(O)CCCn1ncc([N+](=O)[O-])c1C1CC1. The number of carboxylic acids is 1. The summed E-state index contributed by atoms with van der Waals surface area (Å²) in [5.41, 5.74) is 0.711. The zero-order chi connectivity index (χ0) is 12.4. The molecule has 0 unspecified atom stereocenters. The maximum atomic E-state index is 10.8. The summed E-state index contributed by atoms with van der Waals surface area (Å²) >= 11 is 0. The number of aromatic nitrogens is 2. The van der Waals surface area contributed by atoms with E-state index in [1.165, 1.54) is 6.20 Å². The lowest BCUT2D eigenvalue weighted by atomic mass is 10.2. The Kier molecular flexibility index (Phi) is 3.08. The highest BCUT2D eigenvalue weighted by atomic mass is 16.6. The van der Waals surface area contributed by atoms with Crippen molar-refractivity contribution in [2.45, 2.75) is 38.1 Å². The van der Waals surface area contributed by atoms with Crippen LogP contribution in [0, 0.1) is 10.1 Å². The molecule has 0 atom stereocenters. The number of carbonyl (C=O) groups is 1. The van der Waals surface area contributed by atoms with Crippen LogP contribution in [-0.4, -0.2) is 25.8 Å². The van der Waals surface area contributed by atoms with Crippen LogP contribution in [0.2, 0.25) is 0 Å². The molecule has 92 valence electrons. The van der Waals surface area contributed by atoms with E-state index in [1.807, 2.05) is 0 Å². The molecular weight excluding hydrogens is 226 g/mol. The molecule has 1 saturated carbocycles. The molecular formula is C10H13N3O4. The van der Waals surface area contributed by atoms with Crippen LogP contribution in [0.25, 0.3) is 0 Å². The van der Waals surface area contributed by atoms with Crippen molar-refractivity contribution in [3.05, 3.63) is 22.0 Å². The summed E-state index contributed by atoms with van der Waals surface area (Å²) in [5, 5.41) is 23.3. The highest BCUT2D eigenvalue weighted by molar-refractivity contribution is 5.66. The van der Waals surface area contributed by atoms with Crippen molar-refractivity contribution in [3.8, 4) is 0 Å². The molecule has 1 aromatic heterocycles. The first-order valence-electron chi connectivity index (χ1n) is 5.51. The first-order valence-corrected chi connectivity index (χ1v) is 5.51. The molecule has 7 heteroatoms. The van der Waals surface area contributed by atoms with Crippen LogP contribution in [0.4, 0.5) is 5.69 Å². The Morgan fingerprint density at radius 1 is 1.65 bits per heavy atom. The topological polar surface area (TPSA) is 98.3 Å². The fourth-order valence-electron chi connectivity index (χ4n) is 1.86. The molecule has 0 bridgehead atoms. The largest absolute Gasteiger partial charge is 0.481 e. The minimum absolute atomic E-state index is 0.0533. The third kappa shape index (κ3) is 2.61. The van der Waals surface area contributed by atoms with Crippen LogP contribution in [-0.2, 0) is 11.3 Å². The van der Waals surface area contributed by atoms with E-state index in [4.69, 9.17) is 5.11 Å². The van der Waals surface area contributed by atoms with Crippen LogP contribution in [0.15, 0.2) is 6.20 Å². The third-order valence-electron chi connectivity index (χ3n) is 2.78. The molecule has 7 nitrogen and oxygen atoms in total. The number of nitro groups is 1. The van der Waals surface area contributed by atoms with Gasteiger partial charge in [-0.2, -0.15) is 5.10 Å². The van der Waals surface area contributed by atoms with Gasteiger partial charge in [0.1, 0.15) is 11.9 Å². The number of carboxylic acid groups (broad SMARTS) is 1. The maximum absolute atomic E-state index is 10.8. The van der Waals surface area contributed by atoms with E-state index in [0.29, 0.717) is 18.7 Å². The molecule has 2 rings (SSSR count). The van der Waals surface area contributed by atoms with Crippen molar-refractivity contribution in [3.63, 3.8) is 0 Å². The van der Waals surface area contributed by atoms with Gasteiger partial charge in [-0.25, -0.2) is 0 Å². The second-order valence-corrected chi connectivity index (χ2v) is 4.17. The number of hydrogen-bond acceptors (Lipinski definition) is 4. The maximum Gasteiger partial charge on any atom is 0.310 e. The lowest BCUT2D eigenvalue weighted by Gasteiger charge is -2.04. The quantitative estimate of drug-likeness (QED) is 0.599. The summed E-state index contributed by atoms with van der Waals surface area (Å²) in [7, 11) is 0. The predicted octanol–water partition coefficient (Wildman–Crippen LogP) is 1.53. The van der Waals surface area contributed by atoms with Crippen LogP contribution >= 0.6 is 0 Å². The van der Waals surface area contributed by atoms with Gasteiger partial charge in [0.15, 0.2) is 0 Å². The van der Waals surface area contributed by atoms with Crippen molar-refractivity contribution in [2.75, 3.05) is 0 Å². The monoisotopic (exact) mass is 239 g/mol. The average Bonchev–Trinajstić information content (AvgIpc) is 2.99. The van der Waals surface area contributed by atoms with Crippen LogP contribution in [0.3, 0.4) is 0 Å². The molecule has 0 aromatic carbocycles. The minimum atomic E-state index is -0.861. The first-order chi connectivity index (χ1) is 8.09. The fourth-order valence-corrected chi connectivity index (χ4v) is 1.86. The molecule has 1 N–H and O–H groups in total. The summed E-state index contributed by atoms with van der Waals surface area (Å²) < 4.78 is 1.58. The summed E-state index contributed by atoms with van der Waals surface area (Å²) in [4.78, 5) is 20.8. The smallest absolute Gasteiger partial charge is 0.310 e. The zero-order valence-electron chi connectivity index (χ0n) is 9.20. The summed E-state index contributed by atoms with van der Waals surface area (Å²) in [6, 6.07) is 0. The Balaban J connectivity index is 2.11. The van der Waals surface area contributed by atoms with Crippen LogP contribution in [0.5, 0.6) is 0 Å². The van der Waals surface area contributed by atoms with Crippen molar-refractivity contribution in [2.24, 2.45) is 0 Å². The molecule has 1 heterocycles. The van der Waals surface area contributed by atoms with E-state index in [9.17, 15) is 14.9 Å². The van der Waals surface area contributed by atoms with Gasteiger partial charge >= 0.3 is 11.7 Å². The van der Waals surface area contributed by atoms with Crippen molar-refractivity contribution >= 4 is 11.7 Å². The Bertz CT molecular complexity index is 450. The molecule has 0 aliphatic heterocycles. The van der Waals surface area contributed by atoms with Crippen LogP contribution in [0.1, 0.15) is 37.3 Å². The highest BCUT2D eigenvalue weighted by Crippen LogP contribution is 2.44. The van der Waals surface area contributed by atoms with Gasteiger partial charge in [-0.1, -0.05) is 0 Å². The van der Waals surface area contributed by atoms with Gasteiger partial charge < -0.3 is 5.11 Å². The van der Waals surface area contributed by atoms with E-state index in [0.717, 1.165) is 12.8 Å². The predicted molar refractivity (Wildman–Crippen MR) is 57.7 cm³/mol. The standard InChI is InChI=1S/C10H13N3O4/c14-9(15)2-1-5-12-10(7-3-4-7)8(6-11-12)13(16)17/h6-7H,1-5H2,(H,14,15). The molecule has 1 aliphatic carbocycles. The Labute approximate surface area is 97.2 Å². The second-order valence-electron chi connectivity index (χ2n) is 4.17. The van der Waals surface area contributed by atoms with E-state index in [-0.39, 0.29) is 18.0 Å². The van der Waals surface area contributed by atoms with E-state index < -0.39 is 10.9 Å². The molecule has 1 aliphatic rings.